The Morgan fingerprint density at radius 2 is 1.91 bits per heavy atom. The first-order chi connectivity index (χ1) is 10.8. The van der Waals surface area contributed by atoms with Gasteiger partial charge in [-0.2, -0.15) is 0 Å². The van der Waals surface area contributed by atoms with Crippen molar-refractivity contribution in [2.24, 2.45) is 0 Å². The van der Waals surface area contributed by atoms with Gasteiger partial charge in [0.2, 0.25) is 15.9 Å². The highest BCUT2D eigenvalue weighted by molar-refractivity contribution is 7.92. The predicted octanol–water partition coefficient (Wildman–Crippen LogP) is 1.78. The van der Waals surface area contributed by atoms with Crippen molar-refractivity contribution in [1.82, 2.24) is 4.90 Å². The van der Waals surface area contributed by atoms with Gasteiger partial charge in [-0.25, -0.2) is 8.42 Å². The summed E-state index contributed by atoms with van der Waals surface area (Å²) in [4.78, 5) is 14.4. The van der Waals surface area contributed by atoms with E-state index in [0.29, 0.717) is 24.5 Å². The summed E-state index contributed by atoms with van der Waals surface area (Å²) in [5, 5.41) is 0. The zero-order chi connectivity index (χ0) is 17.2. The minimum absolute atomic E-state index is 0.170. The highest BCUT2D eigenvalue weighted by Gasteiger charge is 2.34. The van der Waals surface area contributed by atoms with Crippen molar-refractivity contribution in [3.8, 4) is 5.75 Å². The molecule has 0 aliphatic carbocycles. The first-order valence-electron chi connectivity index (χ1n) is 7.68. The normalized spacial score (nSPS) is 16.3. The number of hydrogen-bond donors (Lipinski definition) is 0. The lowest BCUT2D eigenvalue weighted by molar-refractivity contribution is -0.130. The van der Waals surface area contributed by atoms with Gasteiger partial charge in [-0.15, -0.1) is 0 Å². The second-order valence-corrected chi connectivity index (χ2v) is 7.80. The molecule has 0 N–H and O–H groups in total. The molecule has 23 heavy (non-hydrogen) atoms. The van der Waals surface area contributed by atoms with Crippen LogP contribution < -0.4 is 9.04 Å². The van der Waals surface area contributed by atoms with Crippen LogP contribution in [-0.2, 0) is 14.8 Å². The predicted molar refractivity (Wildman–Crippen MR) is 90.3 cm³/mol. The van der Waals surface area contributed by atoms with E-state index in [1.165, 1.54) is 11.4 Å². The first-order valence-corrected chi connectivity index (χ1v) is 9.53. The number of carbonyl (C=O) groups is 1. The second-order valence-electron chi connectivity index (χ2n) is 5.94. The van der Waals surface area contributed by atoms with Gasteiger partial charge in [0, 0.05) is 13.1 Å². The van der Waals surface area contributed by atoms with Gasteiger partial charge in [-0.05, 0) is 44.4 Å². The van der Waals surface area contributed by atoms with Crippen LogP contribution in [0.5, 0.6) is 5.75 Å². The van der Waals surface area contributed by atoms with Gasteiger partial charge in [0.15, 0.2) is 0 Å². The third kappa shape index (κ3) is 3.77. The summed E-state index contributed by atoms with van der Waals surface area (Å²) in [5.41, 5.74) is 1.30. The molecule has 1 heterocycles. The van der Waals surface area contributed by atoms with Crippen molar-refractivity contribution in [3.63, 3.8) is 0 Å². The number of carbonyl (C=O) groups excluding carboxylic acids is 1. The van der Waals surface area contributed by atoms with Crippen molar-refractivity contribution >= 4 is 21.6 Å². The third-order valence-corrected chi connectivity index (χ3v) is 5.28. The van der Waals surface area contributed by atoms with Crippen LogP contribution in [0.3, 0.4) is 0 Å². The fourth-order valence-corrected chi connectivity index (χ4v) is 4.11. The van der Waals surface area contributed by atoms with E-state index >= 15 is 0 Å². The minimum atomic E-state index is -3.64. The van der Waals surface area contributed by atoms with Crippen LogP contribution in [0, 0.1) is 6.92 Å². The molecule has 6 nitrogen and oxygen atoms in total. The van der Waals surface area contributed by atoms with Gasteiger partial charge in [-0.3, -0.25) is 9.10 Å². The number of hydrogen-bond acceptors (Lipinski definition) is 4. The molecule has 0 radical (unpaired) electrons. The van der Waals surface area contributed by atoms with Crippen molar-refractivity contribution in [2.45, 2.75) is 32.7 Å². The van der Waals surface area contributed by atoms with Crippen LogP contribution >= 0.6 is 0 Å². The standard InChI is InChI=1S/C16H24N2O4S/c1-12-7-8-15(22-3)14(11-12)18(23(4,20)21)13(2)16(19)17-9-5-6-10-17/h7-8,11,13H,5-6,9-10H2,1-4H3. The molecule has 1 fully saturated rings. The zero-order valence-corrected chi connectivity index (χ0v) is 14.9. The highest BCUT2D eigenvalue weighted by atomic mass is 32.2. The largest absolute Gasteiger partial charge is 0.495 e. The molecule has 1 aliphatic heterocycles. The number of sulfonamides is 1. The molecular formula is C16H24N2O4S. The Labute approximate surface area is 138 Å². The van der Waals surface area contributed by atoms with Crippen LogP contribution in [0.4, 0.5) is 5.69 Å². The molecule has 1 amide bonds. The SMILES string of the molecule is COc1ccc(C)cc1N(C(C)C(=O)N1CCCC1)S(C)(=O)=O. The van der Waals surface area contributed by atoms with Crippen molar-refractivity contribution < 1.29 is 17.9 Å². The van der Waals surface area contributed by atoms with Gasteiger partial charge >= 0.3 is 0 Å². The molecule has 2 rings (SSSR count). The zero-order valence-electron chi connectivity index (χ0n) is 14.1. The lowest BCUT2D eigenvalue weighted by Gasteiger charge is -2.32. The molecule has 7 heteroatoms. The van der Waals surface area contributed by atoms with Crippen molar-refractivity contribution in [2.75, 3.05) is 30.8 Å². The number of likely N-dealkylation sites (tertiary alicyclic amines) is 1. The number of anilines is 1. The number of rotatable bonds is 5. The summed E-state index contributed by atoms with van der Waals surface area (Å²) >= 11 is 0. The molecule has 0 spiro atoms. The van der Waals surface area contributed by atoms with E-state index in [2.05, 4.69) is 0 Å². The number of methoxy groups -OCH3 is 1. The number of nitrogens with zero attached hydrogens (tertiary/aromatic N) is 2. The molecule has 1 atom stereocenters. The molecule has 0 saturated carbocycles. The second kappa shape index (κ2) is 6.78. The van der Waals surface area contributed by atoms with Gasteiger partial charge in [0.1, 0.15) is 11.8 Å². The van der Waals surface area contributed by atoms with Crippen LogP contribution in [0.25, 0.3) is 0 Å². The van der Waals surface area contributed by atoms with E-state index in [1.54, 1.807) is 24.0 Å². The highest BCUT2D eigenvalue weighted by Crippen LogP contribution is 2.33. The van der Waals surface area contributed by atoms with E-state index in [4.69, 9.17) is 4.74 Å². The summed E-state index contributed by atoms with van der Waals surface area (Å²) in [5.74, 6) is 0.263. The van der Waals surface area contributed by atoms with Gasteiger partial charge in [0.05, 0.1) is 19.1 Å². The lowest BCUT2D eigenvalue weighted by atomic mass is 10.2. The van der Waals surface area contributed by atoms with Crippen LogP contribution in [-0.4, -0.2) is 51.7 Å². The average Bonchev–Trinajstić information content (AvgIpc) is 2.99. The van der Waals surface area contributed by atoms with Gasteiger partial charge in [-0.1, -0.05) is 6.07 Å². The molecule has 128 valence electrons. The maximum absolute atomic E-state index is 12.7. The fraction of sp³-hybridized carbons (Fsp3) is 0.562. The van der Waals surface area contributed by atoms with Crippen molar-refractivity contribution in [3.05, 3.63) is 23.8 Å². The van der Waals surface area contributed by atoms with E-state index in [1.807, 2.05) is 13.0 Å². The molecule has 1 saturated heterocycles. The molecule has 1 aliphatic rings. The Morgan fingerprint density at radius 3 is 2.43 bits per heavy atom. The maximum Gasteiger partial charge on any atom is 0.246 e. The van der Waals surface area contributed by atoms with Crippen LogP contribution in [0.2, 0.25) is 0 Å². The Kier molecular flexibility index (Phi) is 5.19. The third-order valence-electron chi connectivity index (χ3n) is 4.06. The first kappa shape index (κ1) is 17.6. The Balaban J connectivity index is 2.46. The summed E-state index contributed by atoms with van der Waals surface area (Å²) in [7, 11) is -2.15. The van der Waals surface area contributed by atoms with E-state index in [9.17, 15) is 13.2 Å². The molecule has 0 bridgehead atoms. The van der Waals surface area contributed by atoms with Crippen LogP contribution in [0.1, 0.15) is 25.3 Å². The van der Waals surface area contributed by atoms with Gasteiger partial charge in [0.25, 0.3) is 0 Å². The molecular weight excluding hydrogens is 316 g/mol. The van der Waals surface area contributed by atoms with Crippen LogP contribution in [0.15, 0.2) is 18.2 Å². The average molecular weight is 340 g/mol. The smallest absolute Gasteiger partial charge is 0.246 e. The number of amides is 1. The summed E-state index contributed by atoms with van der Waals surface area (Å²) < 4.78 is 31.2. The Hall–Kier alpha value is -1.76. The maximum atomic E-state index is 12.7. The topological polar surface area (TPSA) is 66.9 Å². The van der Waals surface area contributed by atoms with E-state index in [-0.39, 0.29) is 5.91 Å². The quantitative estimate of drug-likeness (QED) is 0.819. The lowest BCUT2D eigenvalue weighted by Crippen LogP contribution is -2.48. The van der Waals surface area contributed by atoms with Crippen molar-refractivity contribution in [1.29, 1.82) is 0 Å². The molecule has 1 aromatic rings. The number of aryl methyl sites for hydroxylation is 1. The summed E-state index contributed by atoms with van der Waals surface area (Å²) in [6, 6.07) is 4.48. The number of ether oxygens (including phenoxy) is 1. The molecule has 0 aromatic heterocycles. The molecule has 1 aromatic carbocycles. The summed E-state index contributed by atoms with van der Waals surface area (Å²) in [6.45, 7) is 4.87. The monoisotopic (exact) mass is 340 g/mol. The minimum Gasteiger partial charge on any atom is -0.495 e. The fourth-order valence-electron chi connectivity index (χ4n) is 2.95. The van der Waals surface area contributed by atoms with E-state index in [0.717, 1.165) is 24.7 Å². The Morgan fingerprint density at radius 1 is 1.30 bits per heavy atom. The van der Waals surface area contributed by atoms with E-state index < -0.39 is 16.1 Å². The summed E-state index contributed by atoms with van der Waals surface area (Å²) in [6.07, 6.45) is 3.04. The Bertz CT molecular complexity index is 681. The van der Waals surface area contributed by atoms with Gasteiger partial charge < -0.3 is 9.64 Å². The molecule has 1 unspecified atom stereocenters. The number of benzene rings is 1.